The highest BCUT2D eigenvalue weighted by Crippen LogP contribution is 2.43. The second-order valence-electron chi connectivity index (χ2n) is 4.58. The zero-order valence-electron chi connectivity index (χ0n) is 10.0. The van der Waals surface area contributed by atoms with E-state index in [2.05, 4.69) is 15.9 Å². The Morgan fingerprint density at radius 2 is 1.83 bits per heavy atom. The first-order valence-electron chi connectivity index (χ1n) is 5.74. The molecule has 1 aliphatic rings. The van der Waals surface area contributed by atoms with Gasteiger partial charge in [-0.3, -0.25) is 9.59 Å². The van der Waals surface area contributed by atoms with Gasteiger partial charge >= 0.3 is 5.97 Å². The highest BCUT2D eigenvalue weighted by atomic mass is 79.9. The zero-order valence-corrected chi connectivity index (χ0v) is 11.6. The Bertz CT molecular complexity index is 480. The van der Waals surface area contributed by atoms with Gasteiger partial charge in [-0.05, 0) is 37.1 Å². The summed E-state index contributed by atoms with van der Waals surface area (Å²) in [5.41, 5.74) is -0.502. The quantitative estimate of drug-likeness (QED) is 0.873. The van der Waals surface area contributed by atoms with Crippen molar-refractivity contribution in [1.82, 2.24) is 0 Å². The van der Waals surface area contributed by atoms with E-state index < -0.39 is 11.4 Å². The molecule has 1 aliphatic carbocycles. The Labute approximate surface area is 114 Å². The third-order valence-electron chi connectivity index (χ3n) is 3.54. The molecule has 0 bridgehead atoms. The van der Waals surface area contributed by atoms with Crippen LogP contribution in [0.25, 0.3) is 0 Å². The number of carbonyl (C=O) groups excluding carboxylic acids is 1. The number of halogens is 1. The average Bonchev–Trinajstić information content (AvgIpc) is 2.27. The van der Waals surface area contributed by atoms with E-state index in [1.807, 2.05) is 12.1 Å². The normalized spacial score (nSPS) is 16.8. The van der Waals surface area contributed by atoms with Crippen molar-refractivity contribution in [1.29, 1.82) is 0 Å². The molecule has 2 rings (SSSR count). The molecule has 0 radical (unpaired) electrons. The number of amides is 1. The Morgan fingerprint density at radius 3 is 2.22 bits per heavy atom. The summed E-state index contributed by atoms with van der Waals surface area (Å²) in [6, 6.07) is 7.23. The summed E-state index contributed by atoms with van der Waals surface area (Å²) < 4.78 is 0.920. The standard InChI is InChI=1S/C13H14BrNO3/c1-15(10-5-3-9(14)4-6-10)11(16)13(12(17)18)7-2-8-13/h3-6H,2,7-8H2,1H3,(H,17,18). The Balaban J connectivity index is 2.23. The summed E-state index contributed by atoms with van der Waals surface area (Å²) >= 11 is 3.32. The van der Waals surface area contributed by atoms with Crippen LogP contribution >= 0.6 is 15.9 Å². The molecule has 0 aliphatic heterocycles. The third kappa shape index (κ3) is 2.03. The first kappa shape index (κ1) is 13.1. The number of carbonyl (C=O) groups is 2. The molecule has 1 N–H and O–H groups in total. The van der Waals surface area contributed by atoms with E-state index >= 15 is 0 Å². The average molecular weight is 312 g/mol. The SMILES string of the molecule is CN(C(=O)C1(C(=O)O)CCC1)c1ccc(Br)cc1. The molecule has 5 heteroatoms. The number of rotatable bonds is 3. The lowest BCUT2D eigenvalue weighted by Gasteiger charge is -2.38. The number of aliphatic carboxylic acids is 1. The van der Waals surface area contributed by atoms with Gasteiger partial charge in [0.05, 0.1) is 0 Å². The van der Waals surface area contributed by atoms with Crippen molar-refractivity contribution < 1.29 is 14.7 Å². The van der Waals surface area contributed by atoms with Gasteiger partial charge < -0.3 is 10.0 Å². The van der Waals surface area contributed by atoms with Gasteiger partial charge in [-0.15, -0.1) is 0 Å². The monoisotopic (exact) mass is 311 g/mol. The topological polar surface area (TPSA) is 57.6 Å². The van der Waals surface area contributed by atoms with Crippen LogP contribution in [0.3, 0.4) is 0 Å². The van der Waals surface area contributed by atoms with Crippen molar-refractivity contribution in [2.75, 3.05) is 11.9 Å². The first-order chi connectivity index (χ1) is 8.47. The van der Waals surface area contributed by atoms with E-state index in [0.717, 1.165) is 10.9 Å². The Morgan fingerprint density at radius 1 is 1.28 bits per heavy atom. The molecule has 0 atom stereocenters. The molecule has 1 saturated carbocycles. The summed E-state index contributed by atoms with van der Waals surface area (Å²) in [6.45, 7) is 0. The van der Waals surface area contributed by atoms with Crippen molar-refractivity contribution in [2.24, 2.45) is 5.41 Å². The number of carboxylic acid groups (broad SMARTS) is 1. The summed E-state index contributed by atoms with van der Waals surface area (Å²) in [4.78, 5) is 25.0. The van der Waals surface area contributed by atoms with Gasteiger partial charge in [-0.25, -0.2) is 0 Å². The molecule has 1 aromatic carbocycles. The lowest BCUT2D eigenvalue weighted by Crippen LogP contribution is -2.51. The van der Waals surface area contributed by atoms with Crippen LogP contribution in [0.1, 0.15) is 19.3 Å². The Hall–Kier alpha value is -1.36. The van der Waals surface area contributed by atoms with Gasteiger partial charge in [0.1, 0.15) is 5.41 Å². The van der Waals surface area contributed by atoms with Crippen LogP contribution in [0, 0.1) is 5.41 Å². The number of nitrogens with zero attached hydrogens (tertiary/aromatic N) is 1. The Kier molecular flexibility index (Phi) is 3.43. The summed E-state index contributed by atoms with van der Waals surface area (Å²) in [5, 5.41) is 9.24. The van der Waals surface area contributed by atoms with E-state index in [-0.39, 0.29) is 5.91 Å². The van der Waals surface area contributed by atoms with Gasteiger partial charge in [-0.1, -0.05) is 22.4 Å². The minimum absolute atomic E-state index is 0.330. The van der Waals surface area contributed by atoms with Crippen LogP contribution in [-0.4, -0.2) is 24.0 Å². The van der Waals surface area contributed by atoms with Gasteiger partial charge in [0.2, 0.25) is 5.91 Å². The van der Waals surface area contributed by atoms with Crippen molar-refractivity contribution in [3.05, 3.63) is 28.7 Å². The number of hydrogen-bond donors (Lipinski definition) is 1. The van der Waals surface area contributed by atoms with Crippen LogP contribution in [0.2, 0.25) is 0 Å². The second kappa shape index (κ2) is 4.72. The van der Waals surface area contributed by atoms with Crippen molar-refractivity contribution in [3.63, 3.8) is 0 Å². The molecule has 0 aromatic heterocycles. The number of hydrogen-bond acceptors (Lipinski definition) is 2. The van der Waals surface area contributed by atoms with Crippen LogP contribution in [0.4, 0.5) is 5.69 Å². The van der Waals surface area contributed by atoms with Gasteiger partial charge in [0, 0.05) is 17.2 Å². The van der Waals surface area contributed by atoms with Gasteiger partial charge in [0.15, 0.2) is 0 Å². The number of benzene rings is 1. The van der Waals surface area contributed by atoms with Crippen molar-refractivity contribution in [2.45, 2.75) is 19.3 Å². The van der Waals surface area contributed by atoms with Gasteiger partial charge in [-0.2, -0.15) is 0 Å². The molecular weight excluding hydrogens is 298 g/mol. The molecule has 0 saturated heterocycles. The smallest absolute Gasteiger partial charge is 0.319 e. The molecule has 1 fully saturated rings. The predicted molar refractivity (Wildman–Crippen MR) is 71.5 cm³/mol. The minimum Gasteiger partial charge on any atom is -0.480 e. The molecule has 0 unspecified atom stereocenters. The summed E-state index contributed by atoms with van der Waals surface area (Å²) in [7, 11) is 1.62. The van der Waals surface area contributed by atoms with Crippen LogP contribution < -0.4 is 4.90 Å². The number of carboxylic acids is 1. The molecule has 0 spiro atoms. The van der Waals surface area contributed by atoms with E-state index in [1.54, 1.807) is 19.2 Å². The molecule has 1 amide bonds. The fourth-order valence-electron chi connectivity index (χ4n) is 2.15. The number of anilines is 1. The first-order valence-corrected chi connectivity index (χ1v) is 6.54. The maximum Gasteiger partial charge on any atom is 0.319 e. The zero-order chi connectivity index (χ0) is 13.3. The van der Waals surface area contributed by atoms with Crippen LogP contribution in [0.5, 0.6) is 0 Å². The molecule has 18 heavy (non-hydrogen) atoms. The van der Waals surface area contributed by atoms with Crippen LogP contribution in [-0.2, 0) is 9.59 Å². The van der Waals surface area contributed by atoms with E-state index in [1.165, 1.54) is 4.90 Å². The molecule has 1 aromatic rings. The molecule has 96 valence electrons. The van der Waals surface area contributed by atoms with E-state index in [0.29, 0.717) is 18.5 Å². The largest absolute Gasteiger partial charge is 0.480 e. The second-order valence-corrected chi connectivity index (χ2v) is 5.50. The highest BCUT2D eigenvalue weighted by Gasteiger charge is 2.52. The lowest BCUT2D eigenvalue weighted by molar-refractivity contribution is -0.160. The fraction of sp³-hybridized carbons (Fsp3) is 0.385. The third-order valence-corrected chi connectivity index (χ3v) is 4.07. The fourth-order valence-corrected chi connectivity index (χ4v) is 2.42. The van der Waals surface area contributed by atoms with Crippen molar-refractivity contribution in [3.8, 4) is 0 Å². The highest BCUT2D eigenvalue weighted by molar-refractivity contribution is 9.10. The summed E-state index contributed by atoms with van der Waals surface area (Å²) in [5.74, 6) is -1.34. The summed E-state index contributed by atoms with van der Waals surface area (Å²) in [6.07, 6.45) is 1.66. The minimum atomic E-state index is -1.21. The van der Waals surface area contributed by atoms with E-state index in [4.69, 9.17) is 0 Å². The molecule has 0 heterocycles. The lowest BCUT2D eigenvalue weighted by atomic mass is 9.68. The van der Waals surface area contributed by atoms with Gasteiger partial charge in [0.25, 0.3) is 0 Å². The predicted octanol–water partition coefficient (Wildman–Crippen LogP) is 2.67. The van der Waals surface area contributed by atoms with E-state index in [9.17, 15) is 14.7 Å². The van der Waals surface area contributed by atoms with Crippen LogP contribution in [0.15, 0.2) is 28.7 Å². The molecular formula is C13H14BrNO3. The van der Waals surface area contributed by atoms with Crippen molar-refractivity contribution >= 4 is 33.5 Å². The maximum atomic E-state index is 12.3. The molecule has 4 nitrogen and oxygen atoms in total. The maximum absolute atomic E-state index is 12.3.